The molecule has 1 atom stereocenters. The van der Waals surface area contributed by atoms with E-state index in [9.17, 15) is 4.79 Å². The Balaban J connectivity index is 0.00000176. The van der Waals surface area contributed by atoms with Gasteiger partial charge < -0.3 is 10.6 Å². The van der Waals surface area contributed by atoms with E-state index in [1.54, 1.807) is 12.1 Å². The van der Waals surface area contributed by atoms with E-state index in [0.29, 0.717) is 10.6 Å². The monoisotopic (exact) mass is 339 g/mol. The largest absolute Gasteiger partial charge is 0.348 e. The number of amides is 1. The van der Waals surface area contributed by atoms with E-state index in [4.69, 9.17) is 11.6 Å². The third-order valence-corrected chi connectivity index (χ3v) is 4.01. The number of piperidine rings is 1. The number of fused-ring (bicyclic) bond motifs is 1. The summed E-state index contributed by atoms with van der Waals surface area (Å²) < 4.78 is 0. The van der Waals surface area contributed by atoms with Crippen LogP contribution in [0.5, 0.6) is 0 Å². The second kappa shape index (κ2) is 7.27. The number of carbonyl (C=O) groups is 1. The predicted octanol–water partition coefficient (Wildman–Crippen LogP) is 3.10. The molecule has 0 unspecified atom stereocenters. The number of halogens is 2. The molecule has 2 heterocycles. The Hall–Kier alpha value is -1.36. The molecule has 6 heteroatoms. The number of hydrogen-bond donors (Lipinski definition) is 2. The zero-order valence-electron chi connectivity index (χ0n) is 12.4. The summed E-state index contributed by atoms with van der Waals surface area (Å²) in [5.41, 5.74) is 2.27. The number of aromatic nitrogens is 1. The van der Waals surface area contributed by atoms with Gasteiger partial charge in [0.15, 0.2) is 0 Å². The molecule has 2 aromatic rings. The first-order valence-corrected chi connectivity index (χ1v) is 7.60. The number of pyridine rings is 1. The molecule has 2 N–H and O–H groups in total. The molecule has 1 aliphatic rings. The SMILES string of the molecule is Cc1cc(C(=O)N[C@@H]2CCCNC2)c2cc(Cl)ccc2n1.Cl. The van der Waals surface area contributed by atoms with Gasteiger partial charge in [0.25, 0.3) is 5.91 Å². The van der Waals surface area contributed by atoms with Crippen molar-refractivity contribution in [2.45, 2.75) is 25.8 Å². The molecular weight excluding hydrogens is 321 g/mol. The molecule has 1 aromatic heterocycles. The normalized spacial score (nSPS) is 17.8. The molecular formula is C16H19Cl2N3O. The minimum atomic E-state index is -0.0542. The summed E-state index contributed by atoms with van der Waals surface area (Å²) in [6.07, 6.45) is 2.11. The molecule has 118 valence electrons. The molecule has 4 nitrogen and oxygen atoms in total. The standard InChI is InChI=1S/C16H18ClN3O.ClH/c1-10-7-14(13-8-11(17)4-5-15(13)19-10)16(21)20-12-3-2-6-18-9-12;/h4-5,7-8,12,18H,2-3,6,9H2,1H3,(H,20,21);1H/t12-;/m1./s1. The van der Waals surface area contributed by atoms with Crippen molar-refractivity contribution in [3.63, 3.8) is 0 Å². The topological polar surface area (TPSA) is 54.0 Å². The molecule has 1 amide bonds. The lowest BCUT2D eigenvalue weighted by atomic mass is 10.0. The molecule has 0 radical (unpaired) electrons. The average Bonchev–Trinajstić information content (AvgIpc) is 2.48. The summed E-state index contributed by atoms with van der Waals surface area (Å²) in [7, 11) is 0. The summed E-state index contributed by atoms with van der Waals surface area (Å²) in [6, 6.07) is 7.46. The Kier molecular flexibility index (Phi) is 5.62. The quantitative estimate of drug-likeness (QED) is 0.883. The van der Waals surface area contributed by atoms with Gasteiger partial charge in [-0.05, 0) is 50.6 Å². The van der Waals surface area contributed by atoms with E-state index in [1.165, 1.54) is 0 Å². The lowest BCUT2D eigenvalue weighted by Gasteiger charge is -2.24. The van der Waals surface area contributed by atoms with Gasteiger partial charge in [-0.2, -0.15) is 0 Å². The van der Waals surface area contributed by atoms with Crippen LogP contribution in [-0.2, 0) is 0 Å². The fourth-order valence-electron chi connectivity index (χ4n) is 2.76. The van der Waals surface area contributed by atoms with Crippen LogP contribution >= 0.6 is 24.0 Å². The van der Waals surface area contributed by atoms with Crippen molar-refractivity contribution in [2.24, 2.45) is 0 Å². The van der Waals surface area contributed by atoms with Gasteiger partial charge in [0.05, 0.1) is 11.1 Å². The zero-order chi connectivity index (χ0) is 14.8. The first-order chi connectivity index (χ1) is 10.1. The van der Waals surface area contributed by atoms with Crippen molar-refractivity contribution in [1.82, 2.24) is 15.6 Å². The van der Waals surface area contributed by atoms with Crippen molar-refractivity contribution in [3.05, 3.63) is 40.5 Å². The summed E-state index contributed by atoms with van der Waals surface area (Å²) in [5.74, 6) is -0.0542. The van der Waals surface area contributed by atoms with Crippen LogP contribution in [0.25, 0.3) is 10.9 Å². The van der Waals surface area contributed by atoms with Crippen LogP contribution in [0.4, 0.5) is 0 Å². The van der Waals surface area contributed by atoms with Crippen molar-refractivity contribution in [1.29, 1.82) is 0 Å². The highest BCUT2D eigenvalue weighted by Crippen LogP contribution is 2.22. The first-order valence-electron chi connectivity index (χ1n) is 7.22. The van der Waals surface area contributed by atoms with Crippen molar-refractivity contribution in [3.8, 4) is 0 Å². The highest BCUT2D eigenvalue weighted by Gasteiger charge is 2.18. The van der Waals surface area contributed by atoms with E-state index >= 15 is 0 Å². The fraction of sp³-hybridized carbons (Fsp3) is 0.375. The maximum atomic E-state index is 12.6. The van der Waals surface area contributed by atoms with Gasteiger partial charge >= 0.3 is 0 Å². The number of nitrogens with one attached hydrogen (secondary N) is 2. The van der Waals surface area contributed by atoms with Crippen molar-refractivity contribution in [2.75, 3.05) is 13.1 Å². The molecule has 1 saturated heterocycles. The van der Waals surface area contributed by atoms with Crippen LogP contribution in [-0.4, -0.2) is 30.0 Å². The van der Waals surface area contributed by atoms with Gasteiger partial charge in [-0.1, -0.05) is 11.6 Å². The number of carbonyl (C=O) groups excluding carboxylic acids is 1. The molecule has 0 bridgehead atoms. The van der Waals surface area contributed by atoms with Crippen LogP contribution in [0.1, 0.15) is 28.9 Å². The third-order valence-electron chi connectivity index (χ3n) is 3.78. The van der Waals surface area contributed by atoms with E-state index in [2.05, 4.69) is 15.6 Å². The highest BCUT2D eigenvalue weighted by molar-refractivity contribution is 6.31. The van der Waals surface area contributed by atoms with E-state index in [0.717, 1.165) is 42.5 Å². The van der Waals surface area contributed by atoms with Crippen LogP contribution in [0.15, 0.2) is 24.3 Å². The molecule has 0 aliphatic carbocycles. The first kappa shape index (κ1) is 17.0. The number of nitrogens with zero attached hydrogens (tertiary/aromatic N) is 1. The Morgan fingerprint density at radius 1 is 1.41 bits per heavy atom. The average molecular weight is 340 g/mol. The lowest BCUT2D eigenvalue weighted by Crippen LogP contribution is -2.45. The summed E-state index contributed by atoms with van der Waals surface area (Å²) in [4.78, 5) is 17.0. The van der Waals surface area contributed by atoms with Crippen LogP contribution < -0.4 is 10.6 Å². The lowest BCUT2D eigenvalue weighted by molar-refractivity contribution is 0.0932. The van der Waals surface area contributed by atoms with Gasteiger partial charge in [-0.25, -0.2) is 0 Å². The minimum Gasteiger partial charge on any atom is -0.348 e. The molecule has 0 saturated carbocycles. The minimum absolute atomic E-state index is 0. The number of hydrogen-bond acceptors (Lipinski definition) is 3. The van der Waals surface area contributed by atoms with Gasteiger partial charge in [0, 0.05) is 28.7 Å². The molecule has 22 heavy (non-hydrogen) atoms. The smallest absolute Gasteiger partial charge is 0.252 e. The number of rotatable bonds is 2. The molecule has 3 rings (SSSR count). The van der Waals surface area contributed by atoms with Gasteiger partial charge in [0.2, 0.25) is 0 Å². The molecule has 1 aromatic carbocycles. The molecule has 0 spiro atoms. The third kappa shape index (κ3) is 3.69. The zero-order valence-corrected chi connectivity index (χ0v) is 13.9. The number of aryl methyl sites for hydroxylation is 1. The second-order valence-electron chi connectivity index (χ2n) is 5.49. The summed E-state index contributed by atoms with van der Waals surface area (Å²) in [5, 5.41) is 7.82. The maximum Gasteiger partial charge on any atom is 0.252 e. The fourth-order valence-corrected chi connectivity index (χ4v) is 2.93. The Morgan fingerprint density at radius 3 is 2.95 bits per heavy atom. The second-order valence-corrected chi connectivity index (χ2v) is 5.93. The molecule has 1 aliphatic heterocycles. The Morgan fingerprint density at radius 2 is 2.23 bits per heavy atom. The predicted molar refractivity (Wildman–Crippen MR) is 92.1 cm³/mol. The van der Waals surface area contributed by atoms with E-state index in [-0.39, 0.29) is 24.4 Å². The summed E-state index contributed by atoms with van der Waals surface area (Å²) in [6.45, 7) is 3.75. The van der Waals surface area contributed by atoms with Gasteiger partial charge in [-0.3, -0.25) is 9.78 Å². The Bertz CT molecular complexity index is 684. The van der Waals surface area contributed by atoms with E-state index < -0.39 is 0 Å². The summed E-state index contributed by atoms with van der Waals surface area (Å²) >= 11 is 6.06. The van der Waals surface area contributed by atoms with Gasteiger partial charge in [0.1, 0.15) is 0 Å². The number of benzene rings is 1. The van der Waals surface area contributed by atoms with Crippen molar-refractivity contribution >= 4 is 40.8 Å². The van der Waals surface area contributed by atoms with Crippen molar-refractivity contribution < 1.29 is 4.79 Å². The molecule has 1 fully saturated rings. The van der Waals surface area contributed by atoms with E-state index in [1.807, 2.05) is 19.1 Å². The van der Waals surface area contributed by atoms with Crippen LogP contribution in [0.3, 0.4) is 0 Å². The van der Waals surface area contributed by atoms with Crippen LogP contribution in [0, 0.1) is 6.92 Å². The Labute approximate surface area is 141 Å². The highest BCUT2D eigenvalue weighted by atomic mass is 35.5. The van der Waals surface area contributed by atoms with Gasteiger partial charge in [-0.15, -0.1) is 12.4 Å². The van der Waals surface area contributed by atoms with Crippen LogP contribution in [0.2, 0.25) is 5.02 Å². The maximum absolute atomic E-state index is 12.6.